The minimum absolute atomic E-state index is 0.158. The maximum absolute atomic E-state index is 10.3. The largest absolute Gasteiger partial charge is 0.506 e. The number of hydrogen-bond donors (Lipinski definition) is 3. The van der Waals surface area contributed by atoms with Gasteiger partial charge in [-0.25, -0.2) is 0 Å². The zero-order valence-electron chi connectivity index (χ0n) is 10.6. The highest BCUT2D eigenvalue weighted by molar-refractivity contribution is 14.1. The maximum atomic E-state index is 10.3. The molecule has 2 rings (SSSR count). The van der Waals surface area contributed by atoms with Crippen LogP contribution in [0.1, 0.15) is 17.2 Å². The van der Waals surface area contributed by atoms with Gasteiger partial charge in [0.2, 0.25) is 0 Å². The molecule has 0 spiro atoms. The highest BCUT2D eigenvalue weighted by atomic mass is 127. The molecule has 0 aliphatic heterocycles. The minimum atomic E-state index is -0.739. The van der Waals surface area contributed by atoms with E-state index in [1.165, 1.54) is 0 Å². The van der Waals surface area contributed by atoms with Gasteiger partial charge in [0.15, 0.2) is 0 Å². The number of aromatic hydroxyl groups is 1. The Hall–Kier alpha value is -0.380. The normalized spacial score (nSPS) is 14.0. The summed E-state index contributed by atoms with van der Waals surface area (Å²) in [4.78, 5) is 0. The molecule has 0 fully saturated rings. The van der Waals surface area contributed by atoms with Crippen LogP contribution >= 0.6 is 45.2 Å². The van der Waals surface area contributed by atoms with Crippen LogP contribution in [0.5, 0.6) is 5.75 Å². The Labute approximate surface area is 145 Å². The van der Waals surface area contributed by atoms with Gasteiger partial charge in [-0.2, -0.15) is 0 Å². The van der Waals surface area contributed by atoms with E-state index >= 15 is 0 Å². The quantitative estimate of drug-likeness (QED) is 0.572. The number of hydrogen-bond acceptors (Lipinski definition) is 3. The van der Waals surface area contributed by atoms with Gasteiger partial charge >= 0.3 is 0 Å². The van der Waals surface area contributed by atoms with Crippen molar-refractivity contribution in [2.24, 2.45) is 5.73 Å². The molecule has 0 heterocycles. The number of nitrogens with two attached hydrogens (primary N) is 1. The van der Waals surface area contributed by atoms with Crippen molar-refractivity contribution in [2.45, 2.75) is 18.6 Å². The first kappa shape index (κ1) is 16.0. The van der Waals surface area contributed by atoms with Crippen LogP contribution in [0.3, 0.4) is 0 Å². The van der Waals surface area contributed by atoms with Crippen LogP contribution in [-0.4, -0.2) is 16.3 Å². The highest BCUT2D eigenvalue weighted by Gasteiger charge is 2.22. The molecule has 0 radical (unpaired) electrons. The lowest BCUT2D eigenvalue weighted by atomic mass is 9.96. The first-order valence-electron chi connectivity index (χ1n) is 6.14. The Kier molecular flexibility index (Phi) is 5.65. The summed E-state index contributed by atoms with van der Waals surface area (Å²) in [6.07, 6.45) is -0.277. The Morgan fingerprint density at radius 1 is 1.10 bits per heavy atom. The fraction of sp³-hybridized carbons (Fsp3) is 0.200. The molecule has 4 N–H and O–H groups in total. The van der Waals surface area contributed by atoms with E-state index in [-0.39, 0.29) is 5.75 Å². The van der Waals surface area contributed by atoms with Gasteiger partial charge in [0, 0.05) is 15.6 Å². The molecule has 2 atom stereocenters. The summed E-state index contributed by atoms with van der Waals surface area (Å²) < 4.78 is 1.73. The van der Waals surface area contributed by atoms with Crippen molar-refractivity contribution in [3.05, 3.63) is 60.7 Å². The molecule has 0 aromatic heterocycles. The molecule has 20 heavy (non-hydrogen) atoms. The summed E-state index contributed by atoms with van der Waals surface area (Å²) in [6, 6.07) is 12.8. The molecule has 0 saturated heterocycles. The van der Waals surface area contributed by atoms with E-state index in [1.807, 2.05) is 42.5 Å². The topological polar surface area (TPSA) is 66.5 Å². The van der Waals surface area contributed by atoms with Crippen LogP contribution in [0, 0.1) is 7.14 Å². The highest BCUT2D eigenvalue weighted by Crippen LogP contribution is 2.32. The standard InChI is InChI=1S/C15H15I2NO2/c16-10-7-11(15(20)12(17)8-10)14(18)13(19)6-9-4-2-1-3-5-9/h1-5,7-8,13-14,19-20H,6,18H2/t13-,14+/m0/s1. The van der Waals surface area contributed by atoms with Crippen LogP contribution in [0.4, 0.5) is 0 Å². The van der Waals surface area contributed by atoms with Crippen LogP contribution in [-0.2, 0) is 6.42 Å². The van der Waals surface area contributed by atoms with Gasteiger partial charge in [0.05, 0.1) is 15.7 Å². The van der Waals surface area contributed by atoms with Crippen LogP contribution < -0.4 is 5.73 Å². The predicted molar refractivity (Wildman–Crippen MR) is 96.6 cm³/mol. The summed E-state index contributed by atoms with van der Waals surface area (Å²) in [5, 5.41) is 20.4. The molecule has 0 aliphatic carbocycles. The third-order valence-electron chi connectivity index (χ3n) is 3.12. The van der Waals surface area contributed by atoms with E-state index in [4.69, 9.17) is 5.73 Å². The lowest BCUT2D eigenvalue weighted by Crippen LogP contribution is -2.28. The second-order valence-corrected chi connectivity index (χ2v) is 7.02. The first-order valence-corrected chi connectivity index (χ1v) is 8.30. The number of phenols is 1. The fourth-order valence-corrected chi connectivity index (χ4v) is 3.92. The molecule has 2 aromatic carbocycles. The number of phenolic OH excluding ortho intramolecular Hbond substituents is 1. The number of aliphatic hydroxyl groups excluding tert-OH is 1. The smallest absolute Gasteiger partial charge is 0.133 e. The van der Waals surface area contributed by atoms with Crippen molar-refractivity contribution in [3.8, 4) is 5.75 Å². The van der Waals surface area contributed by atoms with Crippen molar-refractivity contribution >= 4 is 45.2 Å². The molecule has 2 aromatic rings. The van der Waals surface area contributed by atoms with E-state index in [9.17, 15) is 10.2 Å². The number of halogens is 2. The number of rotatable bonds is 4. The van der Waals surface area contributed by atoms with Gasteiger partial charge in [0.1, 0.15) is 5.75 Å². The van der Waals surface area contributed by atoms with E-state index in [1.54, 1.807) is 0 Å². The molecule has 0 unspecified atom stereocenters. The van der Waals surface area contributed by atoms with Crippen molar-refractivity contribution < 1.29 is 10.2 Å². The van der Waals surface area contributed by atoms with Gasteiger partial charge < -0.3 is 15.9 Å². The zero-order chi connectivity index (χ0) is 14.7. The van der Waals surface area contributed by atoms with Gasteiger partial charge in [0.25, 0.3) is 0 Å². The van der Waals surface area contributed by atoms with Crippen molar-refractivity contribution in [1.82, 2.24) is 0 Å². The lowest BCUT2D eigenvalue weighted by Gasteiger charge is -2.21. The zero-order valence-corrected chi connectivity index (χ0v) is 14.9. The summed E-state index contributed by atoms with van der Waals surface area (Å²) >= 11 is 4.24. The Balaban J connectivity index is 2.21. The first-order chi connectivity index (χ1) is 9.49. The van der Waals surface area contributed by atoms with Gasteiger partial charge in [-0.05, 0) is 62.9 Å². The minimum Gasteiger partial charge on any atom is -0.506 e. The molecule has 3 nitrogen and oxygen atoms in total. The molecule has 0 bridgehead atoms. The van der Waals surface area contributed by atoms with Crippen molar-refractivity contribution in [2.75, 3.05) is 0 Å². The second-order valence-electron chi connectivity index (χ2n) is 4.61. The summed E-state index contributed by atoms with van der Waals surface area (Å²) in [6.45, 7) is 0. The molecular formula is C15H15I2NO2. The van der Waals surface area contributed by atoms with Crippen LogP contribution in [0.2, 0.25) is 0 Å². The molecule has 0 saturated carbocycles. The van der Waals surface area contributed by atoms with Gasteiger partial charge in [-0.3, -0.25) is 0 Å². The average Bonchev–Trinajstić information content (AvgIpc) is 2.43. The van der Waals surface area contributed by atoms with E-state index < -0.39 is 12.1 Å². The molecule has 0 amide bonds. The molecule has 5 heteroatoms. The number of benzene rings is 2. The summed E-state index contributed by atoms with van der Waals surface area (Å²) in [5.74, 6) is 0.158. The average molecular weight is 495 g/mol. The van der Waals surface area contributed by atoms with E-state index in [0.717, 1.165) is 12.7 Å². The van der Waals surface area contributed by atoms with E-state index in [0.29, 0.717) is 12.0 Å². The Morgan fingerprint density at radius 3 is 2.40 bits per heavy atom. The number of aliphatic hydroxyl groups is 1. The second kappa shape index (κ2) is 7.06. The Bertz CT molecular complexity index is 590. The van der Waals surface area contributed by atoms with Gasteiger partial charge in [-0.15, -0.1) is 0 Å². The fourth-order valence-electron chi connectivity index (χ4n) is 2.03. The monoisotopic (exact) mass is 495 g/mol. The van der Waals surface area contributed by atoms with Crippen molar-refractivity contribution in [3.63, 3.8) is 0 Å². The third kappa shape index (κ3) is 3.84. The molecule has 0 aliphatic rings. The van der Waals surface area contributed by atoms with Crippen molar-refractivity contribution in [1.29, 1.82) is 0 Å². The van der Waals surface area contributed by atoms with Crippen LogP contribution in [0.25, 0.3) is 0 Å². The van der Waals surface area contributed by atoms with Crippen LogP contribution in [0.15, 0.2) is 42.5 Å². The van der Waals surface area contributed by atoms with Gasteiger partial charge in [-0.1, -0.05) is 30.3 Å². The Morgan fingerprint density at radius 2 is 1.75 bits per heavy atom. The predicted octanol–water partition coefficient (Wildman–Crippen LogP) is 3.20. The maximum Gasteiger partial charge on any atom is 0.133 e. The SMILES string of the molecule is N[C@H](c1cc(I)cc(I)c1O)[C@@H](O)Cc1ccccc1. The summed E-state index contributed by atoms with van der Waals surface area (Å²) in [7, 11) is 0. The molecular weight excluding hydrogens is 480 g/mol. The third-order valence-corrected chi connectivity index (χ3v) is 4.56. The van der Waals surface area contributed by atoms with E-state index in [2.05, 4.69) is 45.2 Å². The lowest BCUT2D eigenvalue weighted by molar-refractivity contribution is 0.143. The molecule has 106 valence electrons. The summed E-state index contributed by atoms with van der Waals surface area (Å²) in [5.41, 5.74) is 7.72.